The van der Waals surface area contributed by atoms with Gasteiger partial charge in [0.25, 0.3) is 0 Å². The summed E-state index contributed by atoms with van der Waals surface area (Å²) in [6.45, 7) is 0.316. The normalized spacial score (nSPS) is 20.2. The molecule has 0 saturated carbocycles. The molecule has 0 bridgehead atoms. The summed E-state index contributed by atoms with van der Waals surface area (Å²) >= 11 is 0. The van der Waals surface area contributed by atoms with Crippen molar-refractivity contribution in [2.45, 2.75) is 25.3 Å². The third kappa shape index (κ3) is 3.87. The second kappa shape index (κ2) is 6.64. The number of rotatable bonds is 5. The van der Waals surface area contributed by atoms with Crippen LogP contribution in [0.2, 0.25) is 0 Å². The SMILES string of the molecule is CN(C)c1ccc(NS(=O)(=O)N2CCCCC2CO)cc1. The van der Waals surface area contributed by atoms with Crippen molar-refractivity contribution in [2.75, 3.05) is 36.9 Å². The highest BCUT2D eigenvalue weighted by Gasteiger charge is 2.31. The van der Waals surface area contributed by atoms with Crippen LogP contribution in [0, 0.1) is 0 Å². The maximum absolute atomic E-state index is 12.4. The fraction of sp³-hybridized carbons (Fsp3) is 0.571. The zero-order chi connectivity index (χ0) is 15.5. The van der Waals surface area contributed by atoms with E-state index in [4.69, 9.17) is 0 Å². The second-order valence-corrected chi connectivity index (χ2v) is 7.11. The molecule has 2 rings (SSSR count). The third-order valence-corrected chi connectivity index (χ3v) is 5.31. The van der Waals surface area contributed by atoms with Crippen molar-refractivity contribution in [3.8, 4) is 0 Å². The van der Waals surface area contributed by atoms with Gasteiger partial charge in [0.05, 0.1) is 6.61 Å². The van der Waals surface area contributed by atoms with Crippen molar-refractivity contribution in [1.29, 1.82) is 0 Å². The van der Waals surface area contributed by atoms with Crippen LogP contribution in [0.4, 0.5) is 11.4 Å². The molecule has 0 aliphatic carbocycles. The Hall–Kier alpha value is -1.31. The molecule has 0 spiro atoms. The maximum Gasteiger partial charge on any atom is 0.301 e. The molecule has 2 N–H and O–H groups in total. The van der Waals surface area contributed by atoms with Gasteiger partial charge in [-0.3, -0.25) is 4.72 Å². The highest BCUT2D eigenvalue weighted by molar-refractivity contribution is 7.90. The fourth-order valence-electron chi connectivity index (χ4n) is 2.51. The number of benzene rings is 1. The molecule has 7 heteroatoms. The molecule has 1 atom stereocenters. The summed E-state index contributed by atoms with van der Waals surface area (Å²) in [5.74, 6) is 0. The van der Waals surface area contributed by atoms with E-state index in [2.05, 4.69) is 4.72 Å². The van der Waals surface area contributed by atoms with E-state index in [-0.39, 0.29) is 12.6 Å². The van der Waals surface area contributed by atoms with E-state index in [1.165, 1.54) is 4.31 Å². The molecule has 1 aliphatic heterocycles. The Kier molecular flexibility index (Phi) is 5.08. The van der Waals surface area contributed by atoms with E-state index < -0.39 is 10.2 Å². The van der Waals surface area contributed by atoms with Gasteiger partial charge in [0.15, 0.2) is 0 Å². The molecular weight excluding hydrogens is 290 g/mol. The lowest BCUT2D eigenvalue weighted by Crippen LogP contribution is -2.47. The minimum absolute atomic E-state index is 0.138. The van der Waals surface area contributed by atoms with Gasteiger partial charge in [0, 0.05) is 38.1 Å². The standard InChI is InChI=1S/C14H23N3O3S/c1-16(2)13-8-6-12(7-9-13)15-21(19,20)17-10-4-3-5-14(17)11-18/h6-9,14-15,18H,3-5,10-11H2,1-2H3. The monoisotopic (exact) mass is 313 g/mol. The largest absolute Gasteiger partial charge is 0.395 e. The topological polar surface area (TPSA) is 72.9 Å². The van der Waals surface area contributed by atoms with Gasteiger partial charge in [-0.15, -0.1) is 0 Å². The Morgan fingerprint density at radius 3 is 2.52 bits per heavy atom. The van der Waals surface area contributed by atoms with Crippen LogP contribution in [0.1, 0.15) is 19.3 Å². The highest BCUT2D eigenvalue weighted by Crippen LogP contribution is 2.23. The summed E-state index contributed by atoms with van der Waals surface area (Å²) in [4.78, 5) is 1.95. The van der Waals surface area contributed by atoms with Gasteiger partial charge in [0.2, 0.25) is 0 Å². The zero-order valence-electron chi connectivity index (χ0n) is 12.5. The van der Waals surface area contributed by atoms with E-state index in [0.29, 0.717) is 18.7 Å². The second-order valence-electron chi connectivity index (χ2n) is 5.49. The molecule has 118 valence electrons. The van der Waals surface area contributed by atoms with Gasteiger partial charge < -0.3 is 10.0 Å². The average molecular weight is 313 g/mol. The molecule has 0 amide bonds. The van der Waals surface area contributed by atoms with Crippen molar-refractivity contribution in [3.05, 3.63) is 24.3 Å². The van der Waals surface area contributed by atoms with Gasteiger partial charge >= 0.3 is 10.2 Å². The molecule has 0 radical (unpaired) electrons. The molecule has 1 heterocycles. The van der Waals surface area contributed by atoms with Crippen LogP contribution in [-0.4, -0.2) is 51.1 Å². The van der Waals surface area contributed by atoms with Crippen molar-refractivity contribution in [3.63, 3.8) is 0 Å². The lowest BCUT2D eigenvalue weighted by Gasteiger charge is -2.33. The average Bonchev–Trinajstić information content (AvgIpc) is 2.47. The van der Waals surface area contributed by atoms with Crippen LogP contribution < -0.4 is 9.62 Å². The molecule has 1 aromatic rings. The zero-order valence-corrected chi connectivity index (χ0v) is 13.3. The molecular formula is C14H23N3O3S. The summed E-state index contributed by atoms with van der Waals surface area (Å²) in [6.07, 6.45) is 2.49. The number of hydrogen-bond acceptors (Lipinski definition) is 4. The van der Waals surface area contributed by atoms with Gasteiger partial charge in [0.1, 0.15) is 0 Å². The van der Waals surface area contributed by atoms with Crippen LogP contribution in [0.3, 0.4) is 0 Å². The Morgan fingerprint density at radius 1 is 1.29 bits per heavy atom. The van der Waals surface area contributed by atoms with Crippen molar-refractivity contribution in [2.24, 2.45) is 0 Å². The maximum atomic E-state index is 12.4. The summed E-state index contributed by atoms with van der Waals surface area (Å²) in [7, 11) is 0.238. The van der Waals surface area contributed by atoms with Crippen molar-refractivity contribution >= 4 is 21.6 Å². The van der Waals surface area contributed by atoms with E-state index in [0.717, 1.165) is 18.5 Å². The minimum atomic E-state index is -3.62. The van der Waals surface area contributed by atoms with Crippen LogP contribution in [-0.2, 0) is 10.2 Å². The predicted octanol–water partition coefficient (Wildman–Crippen LogP) is 1.26. The number of nitrogens with zero attached hydrogens (tertiary/aromatic N) is 2. The quantitative estimate of drug-likeness (QED) is 0.858. The lowest BCUT2D eigenvalue weighted by molar-refractivity contribution is 0.156. The first-order valence-electron chi connectivity index (χ1n) is 7.12. The van der Waals surface area contributed by atoms with E-state index in [9.17, 15) is 13.5 Å². The summed E-state index contributed by atoms with van der Waals surface area (Å²) < 4.78 is 28.8. The molecule has 0 aromatic heterocycles. The first kappa shape index (κ1) is 16.1. The molecule has 6 nitrogen and oxygen atoms in total. The highest BCUT2D eigenvalue weighted by atomic mass is 32.2. The Labute approximate surface area is 126 Å². The number of hydrogen-bond donors (Lipinski definition) is 2. The molecule has 1 aliphatic rings. The van der Waals surface area contributed by atoms with Gasteiger partial charge in [-0.05, 0) is 37.1 Å². The van der Waals surface area contributed by atoms with Crippen LogP contribution >= 0.6 is 0 Å². The molecule has 1 fully saturated rings. The Morgan fingerprint density at radius 2 is 1.95 bits per heavy atom. The van der Waals surface area contributed by atoms with Crippen molar-refractivity contribution < 1.29 is 13.5 Å². The number of piperidine rings is 1. The van der Waals surface area contributed by atoms with Crippen molar-refractivity contribution in [1.82, 2.24) is 4.31 Å². The number of aliphatic hydroxyl groups is 1. The molecule has 1 aromatic carbocycles. The number of anilines is 2. The summed E-state index contributed by atoms with van der Waals surface area (Å²) in [5, 5.41) is 9.35. The fourth-order valence-corrected chi connectivity index (χ4v) is 3.99. The van der Waals surface area contributed by atoms with E-state index in [1.54, 1.807) is 12.1 Å². The molecule has 1 saturated heterocycles. The Balaban J connectivity index is 2.12. The molecule has 1 unspecified atom stereocenters. The van der Waals surface area contributed by atoms with Gasteiger partial charge in [-0.25, -0.2) is 0 Å². The van der Waals surface area contributed by atoms with E-state index >= 15 is 0 Å². The smallest absolute Gasteiger partial charge is 0.301 e. The number of nitrogens with one attached hydrogen (secondary N) is 1. The van der Waals surface area contributed by atoms with Crippen LogP contribution in [0.15, 0.2) is 24.3 Å². The number of aliphatic hydroxyl groups excluding tert-OH is 1. The lowest BCUT2D eigenvalue weighted by atomic mass is 10.1. The molecule has 21 heavy (non-hydrogen) atoms. The van der Waals surface area contributed by atoms with Gasteiger partial charge in [-0.2, -0.15) is 12.7 Å². The first-order chi connectivity index (χ1) is 9.94. The minimum Gasteiger partial charge on any atom is -0.395 e. The van der Waals surface area contributed by atoms with Crippen LogP contribution in [0.5, 0.6) is 0 Å². The summed E-state index contributed by atoms with van der Waals surface area (Å²) in [6, 6.07) is 6.88. The first-order valence-corrected chi connectivity index (χ1v) is 8.56. The van der Waals surface area contributed by atoms with E-state index in [1.807, 2.05) is 31.1 Å². The van der Waals surface area contributed by atoms with Crippen LogP contribution in [0.25, 0.3) is 0 Å². The van der Waals surface area contributed by atoms with Gasteiger partial charge in [-0.1, -0.05) is 6.42 Å². The summed E-state index contributed by atoms with van der Waals surface area (Å²) in [5.41, 5.74) is 1.53. The third-order valence-electron chi connectivity index (χ3n) is 3.72. The predicted molar refractivity (Wildman–Crippen MR) is 84.7 cm³/mol. The Bertz CT molecular complexity index is 557.